The third kappa shape index (κ3) is 6.23. The number of para-hydroxylation sites is 3. The lowest BCUT2D eigenvalue weighted by molar-refractivity contribution is 0.669. The molecular formula is C58H39NO. The van der Waals surface area contributed by atoms with Crippen molar-refractivity contribution in [3.8, 4) is 55.6 Å². The molecule has 2 heteroatoms. The molecule has 60 heavy (non-hydrogen) atoms. The average molecular weight is 766 g/mol. The van der Waals surface area contributed by atoms with Gasteiger partial charge in [0.2, 0.25) is 0 Å². The maximum atomic E-state index is 6.30. The van der Waals surface area contributed by atoms with Crippen molar-refractivity contribution in [2.24, 2.45) is 0 Å². The lowest BCUT2D eigenvalue weighted by Crippen LogP contribution is -2.14. The number of nitrogens with zero attached hydrogens (tertiary/aromatic N) is 1. The van der Waals surface area contributed by atoms with Gasteiger partial charge < -0.3 is 9.32 Å². The number of fused-ring (bicyclic) bond motifs is 4. The van der Waals surface area contributed by atoms with E-state index < -0.39 is 0 Å². The fourth-order valence-corrected chi connectivity index (χ4v) is 8.91. The van der Waals surface area contributed by atoms with E-state index in [-0.39, 0.29) is 0 Å². The van der Waals surface area contributed by atoms with E-state index in [1.54, 1.807) is 0 Å². The van der Waals surface area contributed by atoms with Gasteiger partial charge in [0.1, 0.15) is 11.2 Å². The molecule has 0 aliphatic rings. The first-order valence-electron chi connectivity index (χ1n) is 20.5. The van der Waals surface area contributed by atoms with Gasteiger partial charge in [-0.15, -0.1) is 0 Å². The Labute approximate surface area is 349 Å². The van der Waals surface area contributed by atoms with Crippen LogP contribution in [0, 0.1) is 0 Å². The zero-order chi connectivity index (χ0) is 39.8. The Morgan fingerprint density at radius 3 is 1.52 bits per heavy atom. The van der Waals surface area contributed by atoms with Crippen LogP contribution in [0.4, 0.5) is 17.1 Å². The molecule has 0 amide bonds. The Morgan fingerprint density at radius 1 is 0.267 bits per heavy atom. The van der Waals surface area contributed by atoms with Crippen molar-refractivity contribution >= 4 is 49.8 Å². The van der Waals surface area contributed by atoms with Crippen molar-refractivity contribution in [3.63, 3.8) is 0 Å². The van der Waals surface area contributed by atoms with Gasteiger partial charge in [-0.3, -0.25) is 0 Å². The summed E-state index contributed by atoms with van der Waals surface area (Å²) < 4.78 is 6.30. The summed E-state index contributed by atoms with van der Waals surface area (Å²) >= 11 is 0. The summed E-state index contributed by atoms with van der Waals surface area (Å²) in [7, 11) is 0. The zero-order valence-corrected chi connectivity index (χ0v) is 32.9. The lowest BCUT2D eigenvalue weighted by atomic mass is 9.90. The molecule has 0 fully saturated rings. The predicted molar refractivity (Wildman–Crippen MR) is 253 cm³/mol. The maximum Gasteiger partial charge on any atom is 0.135 e. The number of rotatable bonds is 8. The molecule has 0 N–H and O–H groups in total. The van der Waals surface area contributed by atoms with E-state index in [2.05, 4.69) is 229 Å². The molecule has 282 valence electrons. The second kappa shape index (κ2) is 15.1. The van der Waals surface area contributed by atoms with Crippen LogP contribution in [0.25, 0.3) is 88.3 Å². The molecule has 0 aliphatic carbocycles. The smallest absolute Gasteiger partial charge is 0.135 e. The molecule has 11 aromatic rings. The van der Waals surface area contributed by atoms with E-state index in [1.165, 1.54) is 38.6 Å². The van der Waals surface area contributed by atoms with Crippen molar-refractivity contribution < 1.29 is 4.42 Å². The fourth-order valence-electron chi connectivity index (χ4n) is 8.91. The van der Waals surface area contributed by atoms with E-state index in [1.807, 2.05) is 12.1 Å². The Bertz CT molecular complexity index is 3310. The van der Waals surface area contributed by atoms with Crippen molar-refractivity contribution in [3.05, 3.63) is 237 Å². The van der Waals surface area contributed by atoms with Crippen LogP contribution in [-0.4, -0.2) is 0 Å². The SMILES string of the molecule is c1ccc(-c2ccc(N(c3ccccc3-c3ccc4oc5ccccc5c4c3)c3ccccc3-c3cccc4cccc(-c5ccccc5)c34)c(-c3ccccc3)c2)cc1. The van der Waals surface area contributed by atoms with Gasteiger partial charge in [0.05, 0.1) is 17.1 Å². The van der Waals surface area contributed by atoms with Crippen LogP contribution < -0.4 is 4.90 Å². The van der Waals surface area contributed by atoms with Crippen molar-refractivity contribution in [1.82, 2.24) is 0 Å². The van der Waals surface area contributed by atoms with Gasteiger partial charge in [-0.2, -0.15) is 0 Å². The molecule has 11 rings (SSSR count). The molecule has 0 saturated heterocycles. The highest BCUT2D eigenvalue weighted by Gasteiger charge is 2.25. The minimum atomic E-state index is 0.882. The molecule has 0 aliphatic heterocycles. The van der Waals surface area contributed by atoms with Gasteiger partial charge >= 0.3 is 0 Å². The Morgan fingerprint density at radius 2 is 0.783 bits per heavy atom. The first-order chi connectivity index (χ1) is 29.8. The van der Waals surface area contributed by atoms with Crippen LogP contribution in [0.15, 0.2) is 241 Å². The molecule has 0 spiro atoms. The standard InChI is InChI=1S/C58H39NO/c1-4-18-40(19-5-1)44-34-36-55(51(38-44)42-22-8-3-9-23-42)59(53-31-13-10-26-46(53)45-35-37-57-52(39-45)49-28-12-15-33-56(49)60-57)54-32-14-11-27-48(54)50-30-17-25-43-24-16-29-47(58(43)50)41-20-6-2-7-21-41/h1-39H. The third-order valence-electron chi connectivity index (χ3n) is 11.7. The van der Waals surface area contributed by atoms with Crippen LogP contribution in [0.1, 0.15) is 0 Å². The van der Waals surface area contributed by atoms with E-state index in [0.29, 0.717) is 0 Å². The second-order valence-electron chi connectivity index (χ2n) is 15.2. The Balaban J connectivity index is 1.21. The minimum Gasteiger partial charge on any atom is -0.456 e. The van der Waals surface area contributed by atoms with E-state index >= 15 is 0 Å². The summed E-state index contributed by atoms with van der Waals surface area (Å²) in [4.78, 5) is 2.49. The summed E-state index contributed by atoms with van der Waals surface area (Å²) in [5, 5.41) is 4.65. The summed E-state index contributed by atoms with van der Waals surface area (Å²) in [6.45, 7) is 0. The van der Waals surface area contributed by atoms with Crippen molar-refractivity contribution in [2.75, 3.05) is 4.90 Å². The molecular weight excluding hydrogens is 727 g/mol. The third-order valence-corrected chi connectivity index (χ3v) is 11.7. The normalized spacial score (nSPS) is 11.3. The molecule has 0 saturated carbocycles. The van der Waals surface area contributed by atoms with Crippen molar-refractivity contribution in [2.45, 2.75) is 0 Å². The summed E-state index contributed by atoms with van der Waals surface area (Å²) in [6.07, 6.45) is 0. The number of hydrogen-bond acceptors (Lipinski definition) is 2. The van der Waals surface area contributed by atoms with Gasteiger partial charge in [0.25, 0.3) is 0 Å². The molecule has 0 unspecified atom stereocenters. The van der Waals surface area contributed by atoms with Crippen LogP contribution >= 0.6 is 0 Å². The highest BCUT2D eigenvalue weighted by atomic mass is 16.3. The van der Waals surface area contributed by atoms with Crippen molar-refractivity contribution in [1.29, 1.82) is 0 Å². The summed E-state index contributed by atoms with van der Waals surface area (Å²) in [5.41, 5.74) is 16.6. The highest BCUT2D eigenvalue weighted by Crippen LogP contribution is 2.50. The van der Waals surface area contributed by atoms with E-state index in [9.17, 15) is 0 Å². The molecule has 1 heterocycles. The summed E-state index contributed by atoms with van der Waals surface area (Å²) in [6, 6.07) is 85.1. The fraction of sp³-hybridized carbons (Fsp3) is 0. The largest absolute Gasteiger partial charge is 0.456 e. The molecule has 10 aromatic carbocycles. The topological polar surface area (TPSA) is 16.4 Å². The molecule has 0 atom stereocenters. The van der Waals surface area contributed by atoms with Gasteiger partial charge in [0.15, 0.2) is 0 Å². The van der Waals surface area contributed by atoms with E-state index in [0.717, 1.165) is 66.8 Å². The maximum absolute atomic E-state index is 6.30. The monoisotopic (exact) mass is 765 g/mol. The number of hydrogen-bond donors (Lipinski definition) is 0. The lowest BCUT2D eigenvalue weighted by Gasteiger charge is -2.32. The first-order valence-corrected chi connectivity index (χ1v) is 20.5. The molecule has 1 aromatic heterocycles. The van der Waals surface area contributed by atoms with Gasteiger partial charge in [-0.05, 0) is 92.2 Å². The number of anilines is 3. The highest BCUT2D eigenvalue weighted by molar-refractivity contribution is 6.10. The van der Waals surface area contributed by atoms with Crippen LogP contribution in [0.3, 0.4) is 0 Å². The quantitative estimate of drug-likeness (QED) is 0.153. The zero-order valence-electron chi connectivity index (χ0n) is 32.9. The average Bonchev–Trinajstić information content (AvgIpc) is 3.71. The van der Waals surface area contributed by atoms with Crippen LogP contribution in [0.2, 0.25) is 0 Å². The summed E-state index contributed by atoms with van der Waals surface area (Å²) in [5.74, 6) is 0. The van der Waals surface area contributed by atoms with Crippen LogP contribution in [-0.2, 0) is 0 Å². The van der Waals surface area contributed by atoms with Gasteiger partial charge in [0, 0.05) is 27.5 Å². The number of benzene rings is 10. The second-order valence-corrected chi connectivity index (χ2v) is 15.2. The predicted octanol–water partition coefficient (Wildman–Crippen LogP) is 16.5. The Hall–Kier alpha value is -7.94. The molecule has 0 radical (unpaired) electrons. The Kier molecular flexibility index (Phi) is 8.87. The van der Waals surface area contributed by atoms with Gasteiger partial charge in [-0.1, -0.05) is 194 Å². The molecule has 0 bridgehead atoms. The minimum absolute atomic E-state index is 0.882. The van der Waals surface area contributed by atoms with Crippen LogP contribution in [0.5, 0.6) is 0 Å². The number of furan rings is 1. The van der Waals surface area contributed by atoms with Gasteiger partial charge in [-0.25, -0.2) is 0 Å². The molecule has 2 nitrogen and oxygen atoms in total. The first kappa shape index (κ1) is 35.2. The van der Waals surface area contributed by atoms with E-state index in [4.69, 9.17) is 4.42 Å².